The van der Waals surface area contributed by atoms with Crippen LogP contribution >= 0.6 is 0 Å². The molecule has 0 heterocycles. The Hall–Kier alpha value is -0.590. The standard InChI is InChI=1S/C34H65O/c1-3-5-7-9-11-13-15-17-18-19-21-23-25-27-29-31-33-34(35)32-30-28-26-24-22-20-16-14-12-10-8-6-4-2/h17-18,33H,3-16,19-32H2,1-2H3/b18-17-. The van der Waals surface area contributed by atoms with Crippen LogP contribution in [0.4, 0.5) is 0 Å². The highest BCUT2D eigenvalue weighted by atomic mass is 16.1. The third-order valence-electron chi connectivity index (χ3n) is 7.36. The second-order valence-electron chi connectivity index (χ2n) is 11.0. The summed E-state index contributed by atoms with van der Waals surface area (Å²) in [5.74, 6) is 0.392. The molecule has 0 atom stereocenters. The molecule has 0 aromatic heterocycles. The number of hydrogen-bond acceptors (Lipinski definition) is 1. The van der Waals surface area contributed by atoms with Crippen LogP contribution in [0.5, 0.6) is 0 Å². The first-order valence-electron chi connectivity index (χ1n) is 16.3. The lowest BCUT2D eigenvalue weighted by Crippen LogP contribution is -1.98. The van der Waals surface area contributed by atoms with Gasteiger partial charge in [-0.1, -0.05) is 161 Å². The maximum Gasteiger partial charge on any atom is 0.136 e. The lowest BCUT2D eigenvalue weighted by molar-refractivity contribution is -0.116. The van der Waals surface area contributed by atoms with Gasteiger partial charge in [0.05, 0.1) is 0 Å². The predicted molar refractivity (Wildman–Crippen MR) is 159 cm³/mol. The van der Waals surface area contributed by atoms with E-state index in [0.29, 0.717) is 5.78 Å². The summed E-state index contributed by atoms with van der Waals surface area (Å²) < 4.78 is 0. The highest BCUT2D eigenvalue weighted by Crippen LogP contribution is 2.14. The molecule has 1 heteroatoms. The Morgan fingerprint density at radius 2 is 0.714 bits per heavy atom. The van der Waals surface area contributed by atoms with Crippen LogP contribution in [0.15, 0.2) is 12.2 Å². The van der Waals surface area contributed by atoms with E-state index in [9.17, 15) is 4.79 Å². The molecule has 0 bridgehead atoms. The van der Waals surface area contributed by atoms with Crippen LogP contribution in [-0.2, 0) is 4.79 Å². The van der Waals surface area contributed by atoms with Crippen LogP contribution in [0, 0.1) is 6.42 Å². The van der Waals surface area contributed by atoms with E-state index in [1.165, 1.54) is 161 Å². The fraction of sp³-hybridized carbons (Fsp3) is 0.882. The Morgan fingerprint density at radius 3 is 1.11 bits per heavy atom. The van der Waals surface area contributed by atoms with Crippen molar-refractivity contribution in [2.75, 3.05) is 0 Å². The molecule has 0 aromatic rings. The van der Waals surface area contributed by atoms with E-state index in [1.54, 1.807) is 0 Å². The van der Waals surface area contributed by atoms with E-state index in [1.807, 2.05) is 6.42 Å². The van der Waals surface area contributed by atoms with E-state index in [4.69, 9.17) is 0 Å². The zero-order chi connectivity index (χ0) is 25.5. The molecule has 1 nitrogen and oxygen atoms in total. The third kappa shape index (κ3) is 31.4. The minimum Gasteiger partial charge on any atom is -0.299 e. The normalized spacial score (nSPS) is 11.6. The van der Waals surface area contributed by atoms with E-state index in [-0.39, 0.29) is 0 Å². The fourth-order valence-electron chi connectivity index (χ4n) is 4.90. The van der Waals surface area contributed by atoms with Crippen molar-refractivity contribution in [2.24, 2.45) is 0 Å². The predicted octanol–water partition coefficient (Wildman–Crippen LogP) is 12.3. The summed E-state index contributed by atoms with van der Waals surface area (Å²) in [6.45, 7) is 4.57. The maximum atomic E-state index is 12.0. The zero-order valence-corrected chi connectivity index (χ0v) is 24.4. The summed E-state index contributed by atoms with van der Waals surface area (Å²) in [5.41, 5.74) is 0. The molecule has 0 saturated carbocycles. The van der Waals surface area contributed by atoms with Crippen molar-refractivity contribution in [3.8, 4) is 0 Å². The van der Waals surface area contributed by atoms with Gasteiger partial charge in [-0.2, -0.15) is 0 Å². The number of carbonyl (C=O) groups excluding carboxylic acids is 1. The highest BCUT2D eigenvalue weighted by Gasteiger charge is 2.02. The van der Waals surface area contributed by atoms with Gasteiger partial charge in [0.15, 0.2) is 0 Å². The van der Waals surface area contributed by atoms with Crippen LogP contribution in [0.1, 0.15) is 194 Å². The lowest BCUT2D eigenvalue weighted by Gasteiger charge is -2.04. The zero-order valence-electron chi connectivity index (χ0n) is 24.4. The smallest absolute Gasteiger partial charge is 0.136 e. The summed E-state index contributed by atoms with van der Waals surface area (Å²) in [4.78, 5) is 12.0. The second kappa shape index (κ2) is 31.4. The second-order valence-corrected chi connectivity index (χ2v) is 11.0. The first-order valence-corrected chi connectivity index (χ1v) is 16.3. The van der Waals surface area contributed by atoms with Crippen molar-refractivity contribution in [1.82, 2.24) is 0 Å². The molecule has 0 saturated heterocycles. The quantitative estimate of drug-likeness (QED) is 0.0724. The SMILES string of the molecule is CCCCCCCC/C=C\CCCCCCC[CH]C(=O)CCCCCCCCCCCCCCC. The van der Waals surface area contributed by atoms with Crippen LogP contribution in [-0.4, -0.2) is 5.78 Å². The summed E-state index contributed by atoms with van der Waals surface area (Å²) in [7, 11) is 0. The van der Waals surface area contributed by atoms with Gasteiger partial charge < -0.3 is 0 Å². The summed E-state index contributed by atoms with van der Waals surface area (Å²) in [5, 5.41) is 0. The molecule has 0 fully saturated rings. The Morgan fingerprint density at radius 1 is 0.400 bits per heavy atom. The highest BCUT2D eigenvalue weighted by molar-refractivity contribution is 5.86. The van der Waals surface area contributed by atoms with Crippen LogP contribution < -0.4 is 0 Å². The van der Waals surface area contributed by atoms with Gasteiger partial charge in [-0.3, -0.25) is 4.79 Å². The van der Waals surface area contributed by atoms with E-state index < -0.39 is 0 Å². The van der Waals surface area contributed by atoms with Crippen LogP contribution in [0.3, 0.4) is 0 Å². The van der Waals surface area contributed by atoms with E-state index in [0.717, 1.165) is 19.3 Å². The topological polar surface area (TPSA) is 17.1 Å². The van der Waals surface area contributed by atoms with Crippen molar-refractivity contribution >= 4 is 5.78 Å². The van der Waals surface area contributed by atoms with E-state index in [2.05, 4.69) is 26.0 Å². The average molecular weight is 490 g/mol. The number of Topliss-reactive ketones (excluding diaryl/α,β-unsaturated/α-hetero) is 1. The van der Waals surface area contributed by atoms with Crippen molar-refractivity contribution < 1.29 is 4.79 Å². The van der Waals surface area contributed by atoms with Crippen molar-refractivity contribution in [3.05, 3.63) is 18.6 Å². The van der Waals surface area contributed by atoms with Crippen LogP contribution in [0.2, 0.25) is 0 Å². The Balaban J connectivity index is 3.19. The third-order valence-corrected chi connectivity index (χ3v) is 7.36. The molecule has 0 aliphatic rings. The minimum atomic E-state index is 0.392. The van der Waals surface area contributed by atoms with Gasteiger partial charge in [0.25, 0.3) is 0 Å². The average Bonchev–Trinajstić information content (AvgIpc) is 2.86. The molecule has 0 rings (SSSR count). The van der Waals surface area contributed by atoms with Gasteiger partial charge in [-0.15, -0.1) is 0 Å². The van der Waals surface area contributed by atoms with Crippen molar-refractivity contribution in [2.45, 2.75) is 194 Å². The number of hydrogen-bond donors (Lipinski definition) is 0. The molecule has 1 radical (unpaired) electrons. The number of rotatable bonds is 30. The largest absolute Gasteiger partial charge is 0.299 e. The summed E-state index contributed by atoms with van der Waals surface area (Å²) in [6, 6.07) is 0. The summed E-state index contributed by atoms with van der Waals surface area (Å²) >= 11 is 0. The fourth-order valence-corrected chi connectivity index (χ4v) is 4.90. The number of ketones is 1. The van der Waals surface area contributed by atoms with Crippen LogP contribution in [0.25, 0.3) is 0 Å². The number of allylic oxidation sites excluding steroid dienone is 2. The van der Waals surface area contributed by atoms with Crippen molar-refractivity contribution in [3.63, 3.8) is 0 Å². The van der Waals surface area contributed by atoms with Crippen molar-refractivity contribution in [1.29, 1.82) is 0 Å². The molecule has 0 aliphatic heterocycles. The molecule has 0 unspecified atom stereocenters. The lowest BCUT2D eigenvalue weighted by atomic mass is 10.0. The number of unbranched alkanes of at least 4 members (excludes halogenated alkanes) is 24. The van der Waals surface area contributed by atoms with Gasteiger partial charge in [-0.25, -0.2) is 0 Å². The first kappa shape index (κ1) is 34.4. The molecule has 0 aliphatic carbocycles. The minimum absolute atomic E-state index is 0.392. The molecule has 0 aromatic carbocycles. The monoisotopic (exact) mass is 490 g/mol. The Labute approximate surface area is 222 Å². The van der Waals surface area contributed by atoms with Gasteiger partial charge in [0.2, 0.25) is 0 Å². The molecule has 207 valence electrons. The van der Waals surface area contributed by atoms with Gasteiger partial charge in [0.1, 0.15) is 5.78 Å². The molecule has 35 heavy (non-hydrogen) atoms. The number of carbonyl (C=O) groups is 1. The van der Waals surface area contributed by atoms with Gasteiger partial charge >= 0.3 is 0 Å². The van der Waals surface area contributed by atoms with Gasteiger partial charge in [0, 0.05) is 12.8 Å². The molecular weight excluding hydrogens is 424 g/mol. The molecule has 0 N–H and O–H groups in total. The van der Waals surface area contributed by atoms with Gasteiger partial charge in [-0.05, 0) is 38.5 Å². The van der Waals surface area contributed by atoms with E-state index >= 15 is 0 Å². The maximum absolute atomic E-state index is 12.0. The Bertz CT molecular complexity index is 424. The Kier molecular flexibility index (Phi) is 30.9. The first-order chi connectivity index (χ1) is 17.3. The molecular formula is C34H65O. The summed E-state index contributed by atoms with van der Waals surface area (Å²) in [6.07, 6.45) is 43.7. The molecule has 0 amide bonds. The molecule has 0 spiro atoms.